The number of hydrogen-bond acceptors (Lipinski definition) is 4. The van der Waals surface area contributed by atoms with Crippen molar-refractivity contribution in [2.75, 3.05) is 46.0 Å². The molecule has 0 aliphatic carbocycles. The number of nitrogens with one attached hydrogen (secondary N) is 2. The lowest BCUT2D eigenvalue weighted by molar-refractivity contribution is 0.363. The molecule has 1 rings (SSSR count). The molecule has 0 aromatic carbocycles. The van der Waals surface area contributed by atoms with Gasteiger partial charge in [-0.2, -0.15) is 0 Å². The molecule has 1 aliphatic heterocycles. The van der Waals surface area contributed by atoms with Gasteiger partial charge in [0.2, 0.25) is 10.0 Å². The van der Waals surface area contributed by atoms with Crippen molar-refractivity contribution in [2.24, 2.45) is 5.92 Å². The lowest BCUT2D eigenvalue weighted by Crippen LogP contribution is -2.38. The van der Waals surface area contributed by atoms with E-state index in [9.17, 15) is 8.42 Å². The molecule has 1 saturated heterocycles. The van der Waals surface area contributed by atoms with E-state index in [1.165, 1.54) is 17.1 Å². The molecule has 0 aromatic heterocycles. The Morgan fingerprint density at radius 1 is 1.44 bits per heavy atom. The van der Waals surface area contributed by atoms with Gasteiger partial charge < -0.3 is 10.6 Å². The molecule has 1 atom stereocenters. The second-order valence-corrected chi connectivity index (χ2v) is 6.82. The third-order valence-electron chi connectivity index (χ3n) is 2.93. The van der Waals surface area contributed by atoms with Crippen molar-refractivity contribution in [3.05, 3.63) is 0 Å². The highest BCUT2D eigenvalue weighted by Crippen LogP contribution is 2.07. The molecule has 6 heteroatoms. The first-order valence-corrected chi connectivity index (χ1v) is 7.45. The van der Waals surface area contributed by atoms with E-state index in [2.05, 4.69) is 10.6 Å². The molecule has 1 unspecified atom stereocenters. The van der Waals surface area contributed by atoms with E-state index in [1.807, 2.05) is 0 Å². The molecular weight excluding hydrogens is 226 g/mol. The van der Waals surface area contributed by atoms with Gasteiger partial charge in [-0.1, -0.05) is 0 Å². The minimum absolute atomic E-state index is 0.181. The van der Waals surface area contributed by atoms with E-state index in [1.54, 1.807) is 14.1 Å². The highest BCUT2D eigenvalue weighted by molar-refractivity contribution is 7.89. The Morgan fingerprint density at radius 2 is 2.19 bits per heavy atom. The van der Waals surface area contributed by atoms with Crippen molar-refractivity contribution in [3.63, 3.8) is 0 Å². The van der Waals surface area contributed by atoms with E-state index in [0.717, 1.165) is 19.6 Å². The number of rotatable bonds is 6. The van der Waals surface area contributed by atoms with Crippen LogP contribution in [0.15, 0.2) is 0 Å². The van der Waals surface area contributed by atoms with E-state index in [0.29, 0.717) is 12.5 Å². The van der Waals surface area contributed by atoms with Crippen molar-refractivity contribution in [1.29, 1.82) is 0 Å². The fourth-order valence-corrected chi connectivity index (χ4v) is 2.56. The Balaban J connectivity index is 2.11. The van der Waals surface area contributed by atoms with Gasteiger partial charge in [-0.25, -0.2) is 12.7 Å². The zero-order valence-electron chi connectivity index (χ0n) is 10.2. The molecule has 1 fully saturated rings. The summed E-state index contributed by atoms with van der Waals surface area (Å²) in [5.74, 6) is 0.830. The average Bonchev–Trinajstić information content (AvgIpc) is 2.26. The van der Waals surface area contributed by atoms with Crippen LogP contribution in [0.25, 0.3) is 0 Å². The Hall–Kier alpha value is -0.170. The molecule has 5 nitrogen and oxygen atoms in total. The summed E-state index contributed by atoms with van der Waals surface area (Å²) < 4.78 is 24.2. The van der Waals surface area contributed by atoms with Crippen molar-refractivity contribution in [2.45, 2.75) is 12.8 Å². The van der Waals surface area contributed by atoms with Crippen molar-refractivity contribution >= 4 is 10.0 Å². The second-order valence-electron chi connectivity index (χ2n) is 4.51. The molecule has 0 radical (unpaired) electrons. The van der Waals surface area contributed by atoms with Crippen LogP contribution in [0.1, 0.15) is 12.8 Å². The Morgan fingerprint density at radius 3 is 2.75 bits per heavy atom. The van der Waals surface area contributed by atoms with Gasteiger partial charge in [0.15, 0.2) is 0 Å². The highest BCUT2D eigenvalue weighted by atomic mass is 32.2. The molecule has 1 aliphatic rings. The maximum absolute atomic E-state index is 11.5. The normalized spacial score (nSPS) is 22.6. The lowest BCUT2D eigenvalue weighted by Gasteiger charge is -2.23. The molecule has 0 saturated carbocycles. The number of hydrogen-bond donors (Lipinski definition) is 2. The molecule has 2 N–H and O–H groups in total. The van der Waals surface area contributed by atoms with Crippen molar-refractivity contribution in [3.8, 4) is 0 Å². The summed E-state index contributed by atoms with van der Waals surface area (Å²) >= 11 is 0. The van der Waals surface area contributed by atoms with Crippen LogP contribution in [0.3, 0.4) is 0 Å². The van der Waals surface area contributed by atoms with Crippen LogP contribution in [-0.2, 0) is 10.0 Å². The SMILES string of the molecule is CN(C)S(=O)(=O)CCNCC1CCCNC1. The van der Waals surface area contributed by atoms with Gasteiger partial charge in [0, 0.05) is 20.6 Å². The number of piperidine rings is 1. The first kappa shape index (κ1) is 13.9. The van der Waals surface area contributed by atoms with E-state index in [-0.39, 0.29) is 5.75 Å². The fraction of sp³-hybridized carbons (Fsp3) is 1.00. The van der Waals surface area contributed by atoms with Gasteiger partial charge in [0.25, 0.3) is 0 Å². The minimum atomic E-state index is -3.05. The standard InChI is InChI=1S/C10H23N3O2S/c1-13(2)16(14,15)7-6-12-9-10-4-3-5-11-8-10/h10-12H,3-9H2,1-2H3. The summed E-state index contributed by atoms with van der Waals surface area (Å²) in [7, 11) is 0.0937. The fourth-order valence-electron chi connectivity index (χ4n) is 1.79. The smallest absolute Gasteiger partial charge is 0.214 e. The maximum Gasteiger partial charge on any atom is 0.214 e. The topological polar surface area (TPSA) is 61.4 Å². The molecule has 1 heterocycles. The van der Waals surface area contributed by atoms with Crippen LogP contribution in [-0.4, -0.2) is 58.8 Å². The minimum Gasteiger partial charge on any atom is -0.316 e. The quantitative estimate of drug-likeness (QED) is 0.621. The van der Waals surface area contributed by atoms with Crippen molar-refractivity contribution < 1.29 is 8.42 Å². The van der Waals surface area contributed by atoms with Crippen molar-refractivity contribution in [1.82, 2.24) is 14.9 Å². The van der Waals surface area contributed by atoms with Gasteiger partial charge >= 0.3 is 0 Å². The summed E-state index contributed by atoms with van der Waals surface area (Å²) in [6, 6.07) is 0. The van der Waals surface area contributed by atoms with Gasteiger partial charge in [0.05, 0.1) is 5.75 Å². The Bertz CT molecular complexity index is 284. The third kappa shape index (κ3) is 4.78. The molecule has 96 valence electrons. The Kier molecular flexibility index (Phi) is 5.68. The first-order valence-electron chi connectivity index (χ1n) is 5.84. The summed E-state index contributed by atoms with van der Waals surface area (Å²) in [4.78, 5) is 0. The second kappa shape index (κ2) is 6.54. The van der Waals surface area contributed by atoms with Crippen LogP contribution in [0.2, 0.25) is 0 Å². The van der Waals surface area contributed by atoms with E-state index in [4.69, 9.17) is 0 Å². The number of nitrogens with zero attached hydrogens (tertiary/aromatic N) is 1. The molecule has 0 spiro atoms. The molecule has 16 heavy (non-hydrogen) atoms. The van der Waals surface area contributed by atoms with Crippen LogP contribution >= 0.6 is 0 Å². The van der Waals surface area contributed by atoms with Gasteiger partial charge in [-0.3, -0.25) is 0 Å². The van der Waals surface area contributed by atoms with E-state index >= 15 is 0 Å². The number of sulfonamides is 1. The molecule has 0 bridgehead atoms. The molecular formula is C10H23N3O2S. The predicted octanol–water partition coefficient (Wildman–Crippen LogP) is -0.533. The predicted molar refractivity (Wildman–Crippen MR) is 65.9 cm³/mol. The molecule has 0 amide bonds. The van der Waals surface area contributed by atoms with Crippen LogP contribution < -0.4 is 10.6 Å². The van der Waals surface area contributed by atoms with E-state index < -0.39 is 10.0 Å². The zero-order valence-corrected chi connectivity index (χ0v) is 11.0. The third-order valence-corrected chi connectivity index (χ3v) is 4.76. The van der Waals surface area contributed by atoms with Crippen LogP contribution in [0, 0.1) is 5.92 Å². The lowest BCUT2D eigenvalue weighted by atomic mass is 10.00. The monoisotopic (exact) mass is 249 g/mol. The summed E-state index contributed by atoms with van der Waals surface area (Å²) in [6.07, 6.45) is 2.46. The molecule has 0 aromatic rings. The highest BCUT2D eigenvalue weighted by Gasteiger charge is 2.14. The van der Waals surface area contributed by atoms with Gasteiger partial charge in [-0.15, -0.1) is 0 Å². The van der Waals surface area contributed by atoms with Gasteiger partial charge in [0.1, 0.15) is 0 Å². The summed E-state index contributed by atoms with van der Waals surface area (Å²) in [6.45, 7) is 3.62. The largest absolute Gasteiger partial charge is 0.316 e. The van der Waals surface area contributed by atoms with Crippen LogP contribution in [0.5, 0.6) is 0 Å². The summed E-state index contributed by atoms with van der Waals surface area (Å²) in [5.41, 5.74) is 0. The van der Waals surface area contributed by atoms with Gasteiger partial charge in [-0.05, 0) is 38.4 Å². The zero-order chi connectivity index (χ0) is 12.0. The Labute approximate surface area is 98.6 Å². The first-order chi connectivity index (χ1) is 7.52. The maximum atomic E-state index is 11.5. The van der Waals surface area contributed by atoms with Crippen LogP contribution in [0.4, 0.5) is 0 Å². The summed E-state index contributed by atoms with van der Waals surface area (Å²) in [5, 5.41) is 6.56. The average molecular weight is 249 g/mol.